The summed E-state index contributed by atoms with van der Waals surface area (Å²) in [6.45, 7) is 8.11. The second-order valence-corrected chi connectivity index (χ2v) is 10.6. The molecule has 0 amide bonds. The summed E-state index contributed by atoms with van der Waals surface area (Å²) in [5, 5.41) is 3.43. The molecule has 5 aromatic carbocycles. The fourth-order valence-corrected chi connectivity index (χ4v) is 5.94. The van der Waals surface area contributed by atoms with Gasteiger partial charge in [0.15, 0.2) is 0 Å². The number of benzene rings is 5. The zero-order valence-corrected chi connectivity index (χ0v) is 22.8. The van der Waals surface area contributed by atoms with Gasteiger partial charge in [-0.2, -0.15) is 0 Å². The average Bonchev–Trinajstić information content (AvgIpc) is 3.53. The van der Waals surface area contributed by atoms with Gasteiger partial charge in [0.05, 0.1) is 0 Å². The van der Waals surface area contributed by atoms with Crippen molar-refractivity contribution in [3.63, 3.8) is 0 Å². The first kappa shape index (κ1) is 24.2. The van der Waals surface area contributed by atoms with Gasteiger partial charge >= 0.3 is 0 Å². The van der Waals surface area contributed by atoms with Crippen LogP contribution in [0.3, 0.4) is 0 Å². The molecule has 0 saturated heterocycles. The van der Waals surface area contributed by atoms with Gasteiger partial charge in [-0.05, 0) is 61.1 Å². The monoisotopic (exact) mass is 518 g/mol. The van der Waals surface area contributed by atoms with E-state index < -0.39 is 0 Å². The van der Waals surface area contributed by atoms with Crippen molar-refractivity contribution >= 4 is 32.9 Å². The molecule has 0 unspecified atom stereocenters. The van der Waals surface area contributed by atoms with Crippen molar-refractivity contribution in [2.45, 2.75) is 26.7 Å². The molecule has 0 N–H and O–H groups in total. The molecular weight excluding hydrogens is 488 g/mol. The van der Waals surface area contributed by atoms with Crippen LogP contribution in [0.4, 0.5) is 0 Å². The number of fused-ring (bicyclic) bond motifs is 4. The molecular formula is C38H30O2. The number of para-hydroxylation sites is 3. The highest BCUT2D eigenvalue weighted by atomic mass is 16.3. The molecule has 40 heavy (non-hydrogen) atoms. The summed E-state index contributed by atoms with van der Waals surface area (Å²) in [6, 6.07) is 36.7. The molecule has 0 atom stereocenters. The number of hydrogen-bond acceptors (Lipinski definition) is 2. The van der Waals surface area contributed by atoms with E-state index in [-0.39, 0.29) is 0 Å². The van der Waals surface area contributed by atoms with Crippen LogP contribution in [0.25, 0.3) is 66.3 Å². The maximum atomic E-state index is 6.51. The SMILES string of the molecule is C=CCCc1c(C)oc2c(-c3ccc(-c4ccc(C)cc4)cc3-c3cccc4c3oc3ccccc34)cccc12. The standard InChI is InChI=1S/C38H30O2/c1-4-5-10-28-25(3)39-37-31(28)12-8-13-32(37)29-22-21-27(26-19-17-24(2)18-20-26)23-35(29)34-15-9-14-33-30-11-6-7-16-36(30)40-38(33)34/h4,6-9,11-23H,1,5,10H2,2-3H3. The van der Waals surface area contributed by atoms with Gasteiger partial charge in [-0.25, -0.2) is 0 Å². The summed E-state index contributed by atoms with van der Waals surface area (Å²) in [5.41, 5.74) is 12.0. The van der Waals surface area contributed by atoms with Gasteiger partial charge < -0.3 is 8.83 Å². The Morgan fingerprint density at radius 1 is 0.600 bits per heavy atom. The van der Waals surface area contributed by atoms with Crippen LogP contribution in [-0.2, 0) is 6.42 Å². The molecule has 0 fully saturated rings. The van der Waals surface area contributed by atoms with E-state index in [1.807, 2.05) is 18.2 Å². The van der Waals surface area contributed by atoms with E-state index in [2.05, 4.69) is 111 Å². The fraction of sp³-hybridized carbons (Fsp3) is 0.105. The lowest BCUT2D eigenvalue weighted by atomic mass is 9.89. The zero-order valence-electron chi connectivity index (χ0n) is 22.8. The van der Waals surface area contributed by atoms with Crippen molar-refractivity contribution in [1.82, 2.24) is 0 Å². The minimum Gasteiger partial charge on any atom is -0.460 e. The van der Waals surface area contributed by atoms with Crippen LogP contribution in [0, 0.1) is 13.8 Å². The van der Waals surface area contributed by atoms with E-state index in [1.54, 1.807) is 0 Å². The minimum atomic E-state index is 0.900. The van der Waals surface area contributed by atoms with E-state index in [9.17, 15) is 0 Å². The Morgan fingerprint density at radius 2 is 1.27 bits per heavy atom. The average molecular weight is 519 g/mol. The van der Waals surface area contributed by atoms with Crippen molar-refractivity contribution in [2.24, 2.45) is 0 Å². The number of furan rings is 2. The lowest BCUT2D eigenvalue weighted by molar-refractivity contribution is 0.572. The molecule has 7 rings (SSSR count). The first-order valence-electron chi connectivity index (χ1n) is 13.9. The molecule has 0 bridgehead atoms. The van der Waals surface area contributed by atoms with E-state index in [0.717, 1.165) is 68.4 Å². The van der Waals surface area contributed by atoms with Gasteiger partial charge in [0.2, 0.25) is 0 Å². The van der Waals surface area contributed by atoms with E-state index in [1.165, 1.54) is 27.6 Å². The quantitative estimate of drug-likeness (QED) is 0.205. The van der Waals surface area contributed by atoms with E-state index in [0.29, 0.717) is 0 Å². The van der Waals surface area contributed by atoms with Crippen LogP contribution in [0.15, 0.2) is 125 Å². The molecule has 0 aliphatic rings. The number of allylic oxidation sites excluding steroid dienone is 1. The van der Waals surface area contributed by atoms with Crippen LogP contribution in [0.2, 0.25) is 0 Å². The number of rotatable bonds is 6. The Kier molecular flexibility index (Phi) is 5.90. The molecule has 0 spiro atoms. The number of aryl methyl sites for hydroxylation is 3. The fourth-order valence-electron chi connectivity index (χ4n) is 5.94. The van der Waals surface area contributed by atoms with Crippen molar-refractivity contribution in [1.29, 1.82) is 0 Å². The van der Waals surface area contributed by atoms with Crippen LogP contribution in [0.5, 0.6) is 0 Å². The molecule has 0 saturated carbocycles. The maximum Gasteiger partial charge on any atom is 0.143 e. The van der Waals surface area contributed by atoms with Gasteiger partial charge in [-0.3, -0.25) is 0 Å². The van der Waals surface area contributed by atoms with Gasteiger partial charge in [-0.1, -0.05) is 103 Å². The van der Waals surface area contributed by atoms with Crippen molar-refractivity contribution in [3.8, 4) is 33.4 Å². The first-order valence-corrected chi connectivity index (χ1v) is 13.9. The van der Waals surface area contributed by atoms with Crippen LogP contribution < -0.4 is 0 Å². The highest BCUT2D eigenvalue weighted by molar-refractivity contribution is 6.11. The molecule has 194 valence electrons. The van der Waals surface area contributed by atoms with Crippen molar-refractivity contribution < 1.29 is 8.83 Å². The lowest BCUT2D eigenvalue weighted by Gasteiger charge is -2.14. The first-order chi connectivity index (χ1) is 19.6. The highest BCUT2D eigenvalue weighted by Gasteiger charge is 2.20. The predicted octanol–water partition coefficient (Wildman–Crippen LogP) is 11.1. The largest absolute Gasteiger partial charge is 0.460 e. The van der Waals surface area contributed by atoms with E-state index >= 15 is 0 Å². The Morgan fingerprint density at radius 3 is 2.08 bits per heavy atom. The van der Waals surface area contributed by atoms with Crippen molar-refractivity contribution in [2.75, 3.05) is 0 Å². The third kappa shape index (κ3) is 3.96. The summed E-state index contributed by atoms with van der Waals surface area (Å²) in [4.78, 5) is 0. The maximum absolute atomic E-state index is 6.51. The number of hydrogen-bond donors (Lipinski definition) is 0. The zero-order chi connectivity index (χ0) is 27.2. The van der Waals surface area contributed by atoms with Gasteiger partial charge in [-0.15, -0.1) is 6.58 Å². The Balaban J connectivity index is 1.51. The summed E-state index contributed by atoms with van der Waals surface area (Å²) < 4.78 is 13.0. The van der Waals surface area contributed by atoms with Crippen molar-refractivity contribution in [3.05, 3.63) is 133 Å². The van der Waals surface area contributed by atoms with E-state index in [4.69, 9.17) is 8.83 Å². The van der Waals surface area contributed by atoms with Gasteiger partial charge in [0.1, 0.15) is 22.5 Å². The molecule has 2 heteroatoms. The lowest BCUT2D eigenvalue weighted by Crippen LogP contribution is -1.90. The van der Waals surface area contributed by atoms with Gasteiger partial charge in [0.25, 0.3) is 0 Å². The Bertz CT molecular complexity index is 2030. The Hall–Kier alpha value is -4.82. The van der Waals surface area contributed by atoms with Crippen LogP contribution in [-0.4, -0.2) is 0 Å². The third-order valence-corrected chi connectivity index (χ3v) is 8.01. The third-order valence-electron chi connectivity index (χ3n) is 8.01. The molecule has 7 aromatic rings. The molecule has 2 aromatic heterocycles. The summed E-state index contributed by atoms with van der Waals surface area (Å²) in [5.74, 6) is 0.974. The molecule has 0 aliphatic carbocycles. The van der Waals surface area contributed by atoms with Crippen LogP contribution in [0.1, 0.15) is 23.3 Å². The minimum absolute atomic E-state index is 0.900. The topological polar surface area (TPSA) is 26.3 Å². The molecule has 0 radical (unpaired) electrons. The Labute approximate surface area is 234 Å². The second kappa shape index (κ2) is 9.73. The summed E-state index contributed by atoms with van der Waals surface area (Å²) in [6.07, 6.45) is 3.81. The normalized spacial score (nSPS) is 11.6. The highest BCUT2D eigenvalue weighted by Crippen LogP contribution is 2.44. The summed E-state index contributed by atoms with van der Waals surface area (Å²) in [7, 11) is 0. The predicted molar refractivity (Wildman–Crippen MR) is 168 cm³/mol. The molecule has 2 heterocycles. The molecule has 0 aliphatic heterocycles. The smallest absolute Gasteiger partial charge is 0.143 e. The summed E-state index contributed by atoms with van der Waals surface area (Å²) >= 11 is 0. The van der Waals surface area contributed by atoms with Gasteiger partial charge in [0, 0.05) is 32.8 Å². The van der Waals surface area contributed by atoms with Crippen LogP contribution >= 0.6 is 0 Å². The molecule has 2 nitrogen and oxygen atoms in total. The second-order valence-electron chi connectivity index (χ2n) is 10.6.